The van der Waals surface area contributed by atoms with Crippen LogP contribution in [0.5, 0.6) is 0 Å². The fourth-order valence-corrected chi connectivity index (χ4v) is 5.22. The molecule has 1 heterocycles. The van der Waals surface area contributed by atoms with Gasteiger partial charge in [0.25, 0.3) is 5.91 Å². The van der Waals surface area contributed by atoms with Crippen molar-refractivity contribution >= 4 is 46.4 Å². The molecule has 178 valence electrons. The van der Waals surface area contributed by atoms with Crippen LogP contribution in [0.3, 0.4) is 0 Å². The summed E-state index contributed by atoms with van der Waals surface area (Å²) in [4.78, 5) is 28.2. The number of thiophene rings is 1. The van der Waals surface area contributed by atoms with E-state index >= 15 is 0 Å². The summed E-state index contributed by atoms with van der Waals surface area (Å²) in [7, 11) is 0. The van der Waals surface area contributed by atoms with E-state index in [0.29, 0.717) is 10.6 Å². The molecule has 0 spiro atoms. The van der Waals surface area contributed by atoms with Crippen molar-refractivity contribution in [1.29, 1.82) is 0 Å². The summed E-state index contributed by atoms with van der Waals surface area (Å²) >= 11 is 13.7. The fraction of sp³-hybridized carbons (Fsp3) is 0.111. The van der Waals surface area contributed by atoms with Crippen molar-refractivity contribution in [2.24, 2.45) is 0 Å². The normalized spacial score (nSPS) is 11.7. The summed E-state index contributed by atoms with van der Waals surface area (Å²) in [5.41, 5.74) is 2.31. The third kappa shape index (κ3) is 5.90. The number of halogens is 3. The maximum absolute atomic E-state index is 13.9. The molecule has 1 atom stereocenters. The van der Waals surface area contributed by atoms with E-state index in [2.05, 4.69) is 0 Å². The number of carbonyl (C=O) groups is 2. The second-order valence-corrected chi connectivity index (χ2v) is 9.71. The smallest absolute Gasteiger partial charge is 0.326 e. The molecule has 0 bridgehead atoms. The van der Waals surface area contributed by atoms with Gasteiger partial charge in [0.1, 0.15) is 11.9 Å². The van der Waals surface area contributed by atoms with E-state index in [0.717, 1.165) is 16.0 Å². The minimum absolute atomic E-state index is 0.00506. The number of nitrogens with zero attached hydrogens (tertiary/aromatic N) is 1. The highest BCUT2D eigenvalue weighted by Gasteiger charge is 2.32. The first kappa shape index (κ1) is 24.9. The zero-order chi connectivity index (χ0) is 24.9. The van der Waals surface area contributed by atoms with Gasteiger partial charge in [0.2, 0.25) is 0 Å². The van der Waals surface area contributed by atoms with Crippen molar-refractivity contribution in [1.82, 2.24) is 4.90 Å². The summed E-state index contributed by atoms with van der Waals surface area (Å²) in [6.07, 6.45) is 0.105. The largest absolute Gasteiger partial charge is 0.480 e. The number of hydrogen-bond acceptors (Lipinski definition) is 3. The monoisotopic (exact) mass is 527 g/mol. The molecule has 0 saturated carbocycles. The van der Waals surface area contributed by atoms with Crippen molar-refractivity contribution in [3.05, 3.63) is 116 Å². The van der Waals surface area contributed by atoms with Crippen LogP contribution in [-0.4, -0.2) is 27.9 Å². The van der Waals surface area contributed by atoms with Crippen LogP contribution in [0.2, 0.25) is 10.0 Å². The van der Waals surface area contributed by atoms with Gasteiger partial charge in [0.05, 0.1) is 17.1 Å². The van der Waals surface area contributed by atoms with Crippen LogP contribution in [0, 0.1) is 5.82 Å². The predicted octanol–water partition coefficient (Wildman–Crippen LogP) is 7.20. The number of carboxylic acids is 1. The van der Waals surface area contributed by atoms with Gasteiger partial charge >= 0.3 is 5.97 Å². The molecule has 4 rings (SSSR count). The maximum atomic E-state index is 13.9. The highest BCUT2D eigenvalue weighted by molar-refractivity contribution is 7.10. The molecule has 0 saturated heterocycles. The Morgan fingerprint density at radius 1 is 0.971 bits per heavy atom. The second-order valence-electron chi connectivity index (χ2n) is 7.87. The van der Waals surface area contributed by atoms with Crippen LogP contribution in [0.4, 0.5) is 4.39 Å². The molecule has 35 heavy (non-hydrogen) atoms. The van der Waals surface area contributed by atoms with E-state index in [1.54, 1.807) is 12.1 Å². The van der Waals surface area contributed by atoms with Gasteiger partial charge in [0, 0.05) is 16.3 Å². The molecular weight excluding hydrogens is 508 g/mol. The van der Waals surface area contributed by atoms with Gasteiger partial charge in [-0.3, -0.25) is 4.79 Å². The van der Waals surface area contributed by atoms with Gasteiger partial charge in [-0.15, -0.1) is 11.3 Å². The predicted molar refractivity (Wildman–Crippen MR) is 138 cm³/mol. The second kappa shape index (κ2) is 11.0. The fourth-order valence-electron chi connectivity index (χ4n) is 3.84. The Kier molecular flexibility index (Phi) is 7.86. The summed E-state index contributed by atoms with van der Waals surface area (Å²) < 4.78 is 13.9. The highest BCUT2D eigenvalue weighted by atomic mass is 35.5. The molecular formula is C27H20Cl2FNO3S. The highest BCUT2D eigenvalue weighted by Crippen LogP contribution is 2.32. The van der Waals surface area contributed by atoms with Gasteiger partial charge < -0.3 is 10.0 Å². The van der Waals surface area contributed by atoms with Gasteiger partial charge in [-0.25, -0.2) is 9.18 Å². The third-order valence-electron chi connectivity index (χ3n) is 5.55. The molecule has 0 radical (unpaired) electrons. The van der Waals surface area contributed by atoms with Crippen LogP contribution < -0.4 is 0 Å². The average molecular weight is 528 g/mol. The van der Waals surface area contributed by atoms with Crippen LogP contribution in [0.1, 0.15) is 20.8 Å². The SMILES string of the molecule is O=C(O)C(Cc1ccccc1)N(Cc1sccc1-c1cccc(F)c1)C(=O)c1ccc(Cl)cc1Cl. The van der Waals surface area contributed by atoms with E-state index < -0.39 is 17.9 Å². The number of rotatable bonds is 8. The average Bonchev–Trinajstić information content (AvgIpc) is 3.30. The third-order valence-corrected chi connectivity index (χ3v) is 7.00. The van der Waals surface area contributed by atoms with Crippen molar-refractivity contribution in [3.63, 3.8) is 0 Å². The summed E-state index contributed by atoms with van der Waals surface area (Å²) in [6.45, 7) is 0.00506. The number of benzene rings is 3. The minimum atomic E-state index is -1.17. The Morgan fingerprint density at radius 3 is 2.43 bits per heavy atom. The Morgan fingerprint density at radius 2 is 1.74 bits per heavy atom. The number of carboxylic acid groups (broad SMARTS) is 1. The van der Waals surface area contributed by atoms with Gasteiger partial charge in [-0.1, -0.05) is 65.7 Å². The lowest BCUT2D eigenvalue weighted by Gasteiger charge is -2.30. The Bertz CT molecular complexity index is 1360. The van der Waals surface area contributed by atoms with E-state index in [-0.39, 0.29) is 29.4 Å². The molecule has 0 fully saturated rings. The molecule has 4 nitrogen and oxygen atoms in total. The standard InChI is InChI=1S/C27H20Cl2FNO3S/c28-19-9-10-22(23(29)15-19)26(32)31(24(27(33)34)13-17-5-2-1-3-6-17)16-25-21(11-12-35-25)18-7-4-8-20(30)14-18/h1-12,14-15,24H,13,16H2,(H,33,34). The van der Waals surface area contributed by atoms with Crippen LogP contribution in [-0.2, 0) is 17.8 Å². The van der Waals surface area contributed by atoms with Crippen molar-refractivity contribution in [3.8, 4) is 11.1 Å². The van der Waals surface area contributed by atoms with Gasteiger partial charge in [-0.05, 0) is 58.5 Å². The molecule has 8 heteroatoms. The van der Waals surface area contributed by atoms with E-state index in [1.165, 1.54) is 46.6 Å². The zero-order valence-corrected chi connectivity index (χ0v) is 20.7. The Labute approximate surface area is 216 Å². The summed E-state index contributed by atoms with van der Waals surface area (Å²) in [5, 5.41) is 12.5. The van der Waals surface area contributed by atoms with Crippen LogP contribution >= 0.6 is 34.5 Å². The number of aliphatic carboxylic acids is 1. The van der Waals surface area contributed by atoms with Crippen molar-refractivity contribution < 1.29 is 19.1 Å². The molecule has 4 aromatic rings. The van der Waals surface area contributed by atoms with Gasteiger partial charge in [0.15, 0.2) is 0 Å². The summed E-state index contributed by atoms with van der Waals surface area (Å²) in [6, 6.07) is 20.4. The molecule has 1 N–H and O–H groups in total. The zero-order valence-electron chi connectivity index (χ0n) is 18.3. The Balaban J connectivity index is 1.76. The first-order chi connectivity index (χ1) is 16.8. The lowest BCUT2D eigenvalue weighted by atomic mass is 10.0. The lowest BCUT2D eigenvalue weighted by molar-refractivity contribution is -0.142. The quantitative estimate of drug-likeness (QED) is 0.263. The molecule has 3 aromatic carbocycles. The van der Waals surface area contributed by atoms with Crippen LogP contribution in [0.15, 0.2) is 84.2 Å². The molecule has 0 aliphatic heterocycles. The van der Waals surface area contributed by atoms with E-state index in [9.17, 15) is 19.1 Å². The number of amides is 1. The van der Waals surface area contributed by atoms with Crippen LogP contribution in [0.25, 0.3) is 11.1 Å². The first-order valence-electron chi connectivity index (χ1n) is 10.7. The number of hydrogen-bond donors (Lipinski definition) is 1. The summed E-state index contributed by atoms with van der Waals surface area (Å²) in [5.74, 6) is -2.06. The molecule has 1 aromatic heterocycles. The maximum Gasteiger partial charge on any atom is 0.326 e. The first-order valence-corrected chi connectivity index (χ1v) is 12.3. The molecule has 0 aliphatic carbocycles. The van der Waals surface area contributed by atoms with E-state index in [4.69, 9.17) is 23.2 Å². The topological polar surface area (TPSA) is 57.6 Å². The molecule has 1 unspecified atom stereocenters. The van der Waals surface area contributed by atoms with Gasteiger partial charge in [-0.2, -0.15) is 0 Å². The molecule has 0 aliphatic rings. The lowest BCUT2D eigenvalue weighted by Crippen LogP contribution is -2.46. The molecule has 1 amide bonds. The number of carbonyl (C=O) groups excluding carboxylic acids is 1. The van der Waals surface area contributed by atoms with Crippen molar-refractivity contribution in [2.75, 3.05) is 0 Å². The van der Waals surface area contributed by atoms with Crippen molar-refractivity contribution in [2.45, 2.75) is 19.0 Å². The minimum Gasteiger partial charge on any atom is -0.480 e. The van der Waals surface area contributed by atoms with E-state index in [1.807, 2.05) is 41.8 Å². The Hall–Kier alpha value is -3.19.